The number of rotatable bonds is 9. The van der Waals surface area contributed by atoms with Crippen LogP contribution in [-0.2, 0) is 4.43 Å². The van der Waals surface area contributed by atoms with Crippen molar-refractivity contribution in [1.82, 2.24) is 0 Å². The Balaban J connectivity index is 4.51. The van der Waals surface area contributed by atoms with Gasteiger partial charge in [0.15, 0.2) is 8.32 Å². The highest BCUT2D eigenvalue weighted by Crippen LogP contribution is 2.36. The van der Waals surface area contributed by atoms with Gasteiger partial charge >= 0.3 is 0 Å². The molecule has 2 nitrogen and oxygen atoms in total. The van der Waals surface area contributed by atoms with Crippen LogP contribution in [0.3, 0.4) is 0 Å². The molecule has 0 aromatic heterocycles. The Bertz CT molecular complexity index is 372. The minimum atomic E-state index is -1.63. The van der Waals surface area contributed by atoms with Gasteiger partial charge in [-0.3, -0.25) is 0 Å². The van der Waals surface area contributed by atoms with Gasteiger partial charge in [0, 0.05) is 12.2 Å². The van der Waals surface area contributed by atoms with Crippen molar-refractivity contribution >= 4 is 8.32 Å². The molecule has 0 spiro atoms. The lowest BCUT2D eigenvalue weighted by Gasteiger charge is -2.36. The van der Waals surface area contributed by atoms with Gasteiger partial charge in [0.2, 0.25) is 0 Å². The van der Waals surface area contributed by atoms with E-state index in [-0.39, 0.29) is 5.04 Å². The van der Waals surface area contributed by atoms with Gasteiger partial charge in [-0.05, 0) is 43.8 Å². The van der Waals surface area contributed by atoms with E-state index in [2.05, 4.69) is 53.8 Å². The minimum Gasteiger partial charge on any atom is -0.417 e. The zero-order valence-electron chi connectivity index (χ0n) is 15.3. The van der Waals surface area contributed by atoms with Crippen molar-refractivity contribution in [3.8, 4) is 6.07 Å². The molecule has 0 saturated carbocycles. The summed E-state index contributed by atoms with van der Waals surface area (Å²) in [5.41, 5.74) is 2.38. The van der Waals surface area contributed by atoms with Crippen LogP contribution < -0.4 is 0 Å². The van der Waals surface area contributed by atoms with E-state index in [9.17, 15) is 5.26 Å². The monoisotopic (exact) mass is 309 g/mol. The van der Waals surface area contributed by atoms with E-state index in [0.29, 0.717) is 0 Å². The standard InChI is InChI=1S/C18H35NOSi/c1-8-11-16(17(15-19)12-9-2)13-10-14-20-21(6,7)18(3,4)5/h8-14H2,1-7H3/b17-16-. The summed E-state index contributed by atoms with van der Waals surface area (Å²) in [6.45, 7) is 16.6. The third kappa shape index (κ3) is 7.29. The van der Waals surface area contributed by atoms with E-state index in [4.69, 9.17) is 4.43 Å². The molecule has 0 N–H and O–H groups in total. The first kappa shape index (κ1) is 20.4. The first-order valence-electron chi connectivity index (χ1n) is 8.44. The summed E-state index contributed by atoms with van der Waals surface area (Å²) in [7, 11) is -1.63. The van der Waals surface area contributed by atoms with Gasteiger partial charge in [0.05, 0.1) is 6.07 Å². The molecular formula is C18H35NOSi. The fourth-order valence-corrected chi connectivity index (χ4v) is 3.21. The molecule has 0 atom stereocenters. The topological polar surface area (TPSA) is 33.0 Å². The molecule has 0 heterocycles. The molecular weight excluding hydrogens is 274 g/mol. The summed E-state index contributed by atoms with van der Waals surface area (Å²) in [5.74, 6) is 0. The summed E-state index contributed by atoms with van der Waals surface area (Å²) >= 11 is 0. The van der Waals surface area contributed by atoms with Crippen LogP contribution in [0.2, 0.25) is 18.1 Å². The van der Waals surface area contributed by atoms with Gasteiger partial charge in [-0.15, -0.1) is 0 Å². The molecule has 0 unspecified atom stereocenters. The normalized spacial score (nSPS) is 13.8. The Morgan fingerprint density at radius 2 is 1.62 bits per heavy atom. The zero-order valence-corrected chi connectivity index (χ0v) is 16.3. The maximum absolute atomic E-state index is 9.31. The second kappa shape index (κ2) is 9.43. The zero-order chi connectivity index (χ0) is 16.5. The van der Waals surface area contributed by atoms with Gasteiger partial charge in [-0.25, -0.2) is 0 Å². The van der Waals surface area contributed by atoms with Crippen LogP contribution in [0.5, 0.6) is 0 Å². The molecule has 0 amide bonds. The van der Waals surface area contributed by atoms with Gasteiger partial charge in [0.1, 0.15) is 0 Å². The lowest BCUT2D eigenvalue weighted by atomic mass is 9.97. The van der Waals surface area contributed by atoms with Gasteiger partial charge in [-0.2, -0.15) is 5.26 Å². The molecule has 0 fully saturated rings. The summed E-state index contributed by atoms with van der Waals surface area (Å²) in [6, 6.07) is 2.42. The first-order valence-corrected chi connectivity index (χ1v) is 11.3. The summed E-state index contributed by atoms with van der Waals surface area (Å²) < 4.78 is 6.23. The van der Waals surface area contributed by atoms with Gasteiger partial charge in [0.25, 0.3) is 0 Å². The lowest BCUT2D eigenvalue weighted by molar-refractivity contribution is 0.282. The van der Waals surface area contributed by atoms with Gasteiger partial charge < -0.3 is 4.43 Å². The van der Waals surface area contributed by atoms with Crippen LogP contribution in [0.1, 0.15) is 73.1 Å². The van der Waals surface area contributed by atoms with Crippen molar-refractivity contribution in [3.63, 3.8) is 0 Å². The van der Waals surface area contributed by atoms with Crippen molar-refractivity contribution in [2.24, 2.45) is 0 Å². The average molecular weight is 310 g/mol. The molecule has 122 valence electrons. The predicted molar refractivity (Wildman–Crippen MR) is 94.8 cm³/mol. The maximum Gasteiger partial charge on any atom is 0.191 e. The van der Waals surface area contributed by atoms with Crippen molar-refractivity contribution in [2.45, 2.75) is 91.3 Å². The number of nitrogens with zero attached hydrogens (tertiary/aromatic N) is 1. The fraction of sp³-hybridized carbons (Fsp3) is 0.833. The Labute approximate surface area is 133 Å². The molecule has 0 aromatic carbocycles. The number of hydrogen-bond donors (Lipinski definition) is 0. The Hall–Kier alpha value is -0.593. The van der Waals surface area contributed by atoms with E-state index < -0.39 is 8.32 Å². The molecule has 0 radical (unpaired) electrons. The summed E-state index contributed by atoms with van der Waals surface area (Å²) in [5, 5.41) is 9.59. The van der Waals surface area contributed by atoms with Crippen molar-refractivity contribution < 1.29 is 4.43 Å². The van der Waals surface area contributed by atoms with Crippen LogP contribution in [-0.4, -0.2) is 14.9 Å². The largest absolute Gasteiger partial charge is 0.417 e. The molecule has 0 aliphatic heterocycles. The molecule has 0 aliphatic carbocycles. The van der Waals surface area contributed by atoms with Crippen LogP contribution in [0.25, 0.3) is 0 Å². The molecule has 0 bridgehead atoms. The predicted octanol–water partition coefficient (Wildman–Crippen LogP) is 6.21. The molecule has 0 aromatic rings. The van der Waals surface area contributed by atoms with Gasteiger partial charge in [-0.1, -0.05) is 53.0 Å². The molecule has 0 aliphatic rings. The first-order chi connectivity index (χ1) is 9.69. The SMILES string of the molecule is CCC/C(C#N)=C(\CCC)CCCO[Si](C)(C)C(C)(C)C. The Morgan fingerprint density at radius 1 is 1.05 bits per heavy atom. The van der Waals surface area contributed by atoms with E-state index in [1.807, 2.05) is 0 Å². The van der Waals surface area contributed by atoms with Crippen LogP contribution >= 0.6 is 0 Å². The molecule has 0 saturated heterocycles. The minimum absolute atomic E-state index is 0.273. The third-order valence-electron chi connectivity index (χ3n) is 4.51. The van der Waals surface area contributed by atoms with E-state index in [1.54, 1.807) is 0 Å². The Kier molecular flexibility index (Phi) is 9.16. The summed E-state index contributed by atoms with van der Waals surface area (Å²) in [4.78, 5) is 0. The molecule has 3 heteroatoms. The van der Waals surface area contributed by atoms with Crippen LogP contribution in [0.15, 0.2) is 11.1 Å². The Morgan fingerprint density at radius 3 is 2.05 bits per heavy atom. The van der Waals surface area contributed by atoms with E-state index >= 15 is 0 Å². The highest BCUT2D eigenvalue weighted by Gasteiger charge is 2.36. The van der Waals surface area contributed by atoms with Crippen LogP contribution in [0.4, 0.5) is 0 Å². The molecule has 0 rings (SSSR count). The average Bonchev–Trinajstić information content (AvgIpc) is 2.38. The smallest absolute Gasteiger partial charge is 0.191 e. The molecule has 21 heavy (non-hydrogen) atoms. The van der Waals surface area contributed by atoms with Crippen molar-refractivity contribution in [3.05, 3.63) is 11.1 Å². The van der Waals surface area contributed by atoms with Crippen molar-refractivity contribution in [2.75, 3.05) is 6.61 Å². The highest BCUT2D eigenvalue weighted by atomic mass is 28.4. The third-order valence-corrected chi connectivity index (χ3v) is 9.04. The highest BCUT2D eigenvalue weighted by molar-refractivity contribution is 6.74. The maximum atomic E-state index is 9.31. The van der Waals surface area contributed by atoms with Crippen LogP contribution in [0, 0.1) is 11.3 Å². The van der Waals surface area contributed by atoms with E-state index in [1.165, 1.54) is 5.57 Å². The number of hydrogen-bond acceptors (Lipinski definition) is 2. The second-order valence-electron chi connectivity index (χ2n) is 7.41. The number of nitriles is 1. The van der Waals surface area contributed by atoms with E-state index in [0.717, 1.165) is 50.7 Å². The number of allylic oxidation sites excluding steroid dienone is 2. The fourth-order valence-electron chi connectivity index (χ4n) is 2.12. The van der Waals surface area contributed by atoms with Crippen molar-refractivity contribution in [1.29, 1.82) is 5.26 Å². The second-order valence-corrected chi connectivity index (χ2v) is 12.2. The summed E-state index contributed by atoms with van der Waals surface area (Å²) in [6.07, 6.45) is 6.21. The quantitative estimate of drug-likeness (QED) is 0.288. The lowest BCUT2D eigenvalue weighted by Crippen LogP contribution is -2.40.